The van der Waals surface area contributed by atoms with E-state index in [1.54, 1.807) is 0 Å². The average Bonchev–Trinajstić information content (AvgIpc) is 2.94. The van der Waals surface area contributed by atoms with Crippen LogP contribution in [0, 0.1) is 0 Å². The topological polar surface area (TPSA) is 55.4 Å². The van der Waals surface area contributed by atoms with Crippen molar-refractivity contribution in [3.63, 3.8) is 0 Å². The maximum Gasteiger partial charge on any atom is 0.186 e. The predicted octanol–water partition coefficient (Wildman–Crippen LogP) is 5.54. The largest absolute Gasteiger partial charge is 0.374 e. The average molecular weight is 507 g/mol. The minimum Gasteiger partial charge on any atom is -0.374 e. The molecule has 0 saturated carbocycles. The van der Waals surface area contributed by atoms with Crippen LogP contribution in [-0.2, 0) is 48.2 Å². The molecule has 198 valence electrons. The first-order valence-electron chi connectivity index (χ1n) is 13.1. The third kappa shape index (κ3) is 8.20. The molecule has 0 N–H and O–H groups in total. The molecule has 6 nitrogen and oxygen atoms in total. The molecule has 4 rings (SSSR count). The van der Waals surface area contributed by atoms with Crippen LogP contribution >= 0.6 is 0 Å². The van der Waals surface area contributed by atoms with E-state index in [2.05, 4.69) is 12.1 Å². The maximum absolute atomic E-state index is 6.54. The third-order valence-corrected chi connectivity index (χ3v) is 6.25. The van der Waals surface area contributed by atoms with Crippen molar-refractivity contribution in [3.8, 4) is 0 Å². The molecule has 0 aromatic heterocycles. The minimum atomic E-state index is -0.590. The van der Waals surface area contributed by atoms with Crippen LogP contribution in [0.15, 0.2) is 91.0 Å². The van der Waals surface area contributed by atoms with Crippen LogP contribution in [0.3, 0.4) is 0 Å². The van der Waals surface area contributed by atoms with Crippen LogP contribution in [0.5, 0.6) is 0 Å². The summed E-state index contributed by atoms with van der Waals surface area (Å²) in [7, 11) is 0. The van der Waals surface area contributed by atoms with Crippen molar-refractivity contribution >= 4 is 0 Å². The van der Waals surface area contributed by atoms with E-state index in [4.69, 9.17) is 28.4 Å². The Morgan fingerprint density at radius 3 is 1.54 bits per heavy atom. The molecule has 1 saturated heterocycles. The van der Waals surface area contributed by atoms with E-state index in [9.17, 15) is 0 Å². The molecule has 0 amide bonds. The van der Waals surface area contributed by atoms with Crippen molar-refractivity contribution in [2.24, 2.45) is 0 Å². The van der Waals surface area contributed by atoms with E-state index in [-0.39, 0.29) is 0 Å². The second-order valence-corrected chi connectivity index (χ2v) is 8.94. The van der Waals surface area contributed by atoms with E-state index in [1.807, 2.05) is 92.7 Å². The van der Waals surface area contributed by atoms with Crippen molar-refractivity contribution in [2.45, 2.75) is 64.4 Å². The maximum atomic E-state index is 6.54. The standard InChI is InChI=1S/C31H38O6/c1-3-33-30-29(36-22-26-18-12-7-13-19-26)28(35-21-25-16-10-6-11-17-25)27(37-31(30)34-4-2)23-32-20-24-14-8-5-9-15-24/h5-19,27-31H,3-4,20-23H2,1-2H3/t27-,28-,29+,30-,31+/m1/s1. The Hall–Kier alpha value is -2.58. The molecule has 0 radical (unpaired) electrons. The summed E-state index contributed by atoms with van der Waals surface area (Å²) in [5, 5.41) is 0. The van der Waals surface area contributed by atoms with E-state index in [0.29, 0.717) is 39.6 Å². The van der Waals surface area contributed by atoms with E-state index < -0.39 is 30.7 Å². The van der Waals surface area contributed by atoms with Gasteiger partial charge in [0.25, 0.3) is 0 Å². The highest BCUT2D eigenvalue weighted by atomic mass is 16.7. The lowest BCUT2D eigenvalue weighted by molar-refractivity contribution is -0.325. The van der Waals surface area contributed by atoms with Crippen molar-refractivity contribution in [1.29, 1.82) is 0 Å². The third-order valence-electron chi connectivity index (χ3n) is 6.25. The summed E-state index contributed by atoms with van der Waals surface area (Å²) >= 11 is 0. The molecule has 1 aliphatic heterocycles. The van der Waals surface area contributed by atoms with Gasteiger partial charge >= 0.3 is 0 Å². The Balaban J connectivity index is 1.55. The molecule has 0 unspecified atom stereocenters. The van der Waals surface area contributed by atoms with Gasteiger partial charge in [-0.1, -0.05) is 91.0 Å². The molecule has 3 aromatic carbocycles. The van der Waals surface area contributed by atoms with Gasteiger partial charge in [0.05, 0.1) is 26.4 Å². The second-order valence-electron chi connectivity index (χ2n) is 8.94. The summed E-state index contributed by atoms with van der Waals surface area (Å²) in [6.45, 7) is 6.58. The molecule has 37 heavy (non-hydrogen) atoms. The molecule has 0 spiro atoms. The molecular weight excluding hydrogens is 468 g/mol. The smallest absolute Gasteiger partial charge is 0.186 e. The summed E-state index contributed by atoms with van der Waals surface area (Å²) in [5.41, 5.74) is 3.26. The first kappa shape index (κ1) is 27.5. The summed E-state index contributed by atoms with van der Waals surface area (Å²) in [5.74, 6) is 0. The highest BCUT2D eigenvalue weighted by Crippen LogP contribution is 2.31. The van der Waals surface area contributed by atoms with Crippen molar-refractivity contribution < 1.29 is 28.4 Å². The molecule has 1 fully saturated rings. The molecule has 1 aliphatic rings. The molecule has 6 heteroatoms. The van der Waals surface area contributed by atoms with Gasteiger partial charge in [-0.2, -0.15) is 0 Å². The fourth-order valence-corrected chi connectivity index (χ4v) is 4.47. The Bertz CT molecular complexity index is 1000. The predicted molar refractivity (Wildman–Crippen MR) is 142 cm³/mol. The normalized spacial score (nSPS) is 23.7. The van der Waals surface area contributed by atoms with Crippen LogP contribution in [0.4, 0.5) is 0 Å². The van der Waals surface area contributed by atoms with Crippen LogP contribution in [0.2, 0.25) is 0 Å². The monoisotopic (exact) mass is 506 g/mol. The van der Waals surface area contributed by atoms with Gasteiger partial charge in [-0.15, -0.1) is 0 Å². The zero-order valence-corrected chi connectivity index (χ0v) is 21.7. The van der Waals surface area contributed by atoms with Gasteiger partial charge in [0.2, 0.25) is 0 Å². The van der Waals surface area contributed by atoms with Crippen LogP contribution < -0.4 is 0 Å². The van der Waals surface area contributed by atoms with Gasteiger partial charge in [0.1, 0.15) is 24.4 Å². The molecule has 0 bridgehead atoms. The molecule has 0 aliphatic carbocycles. The number of hydrogen-bond acceptors (Lipinski definition) is 6. The summed E-state index contributed by atoms with van der Waals surface area (Å²) < 4.78 is 37.8. The van der Waals surface area contributed by atoms with Crippen LogP contribution in [0.25, 0.3) is 0 Å². The van der Waals surface area contributed by atoms with Gasteiger partial charge in [-0.05, 0) is 30.5 Å². The first-order chi connectivity index (χ1) is 18.3. The van der Waals surface area contributed by atoms with Gasteiger partial charge in [-0.3, -0.25) is 0 Å². The first-order valence-corrected chi connectivity index (χ1v) is 13.1. The van der Waals surface area contributed by atoms with Gasteiger partial charge in [-0.25, -0.2) is 0 Å². The van der Waals surface area contributed by atoms with Gasteiger partial charge in [0.15, 0.2) is 6.29 Å². The number of hydrogen-bond donors (Lipinski definition) is 0. The quantitative estimate of drug-likeness (QED) is 0.286. The van der Waals surface area contributed by atoms with Gasteiger partial charge < -0.3 is 28.4 Å². The van der Waals surface area contributed by atoms with Crippen molar-refractivity contribution in [3.05, 3.63) is 108 Å². The SMILES string of the molecule is CCO[C@H]1O[C@H](COCc2ccccc2)[C@@H](OCc2ccccc2)[C@H](OCc2ccccc2)[C@H]1OCC. The number of benzene rings is 3. The zero-order valence-electron chi connectivity index (χ0n) is 21.7. The summed E-state index contributed by atoms with van der Waals surface area (Å²) in [6, 6.07) is 30.3. The lowest BCUT2D eigenvalue weighted by Gasteiger charge is -2.45. The van der Waals surface area contributed by atoms with E-state index in [1.165, 1.54) is 0 Å². The molecule has 5 atom stereocenters. The fourth-order valence-electron chi connectivity index (χ4n) is 4.47. The highest BCUT2D eigenvalue weighted by Gasteiger charge is 2.48. The van der Waals surface area contributed by atoms with Crippen molar-refractivity contribution in [1.82, 2.24) is 0 Å². The molecule has 1 heterocycles. The van der Waals surface area contributed by atoms with Crippen LogP contribution in [-0.4, -0.2) is 50.5 Å². The van der Waals surface area contributed by atoms with E-state index >= 15 is 0 Å². The lowest BCUT2D eigenvalue weighted by Crippen LogP contribution is -2.61. The molecule has 3 aromatic rings. The Morgan fingerprint density at radius 2 is 1.03 bits per heavy atom. The molecular formula is C31H38O6. The summed E-state index contributed by atoms with van der Waals surface area (Å²) in [4.78, 5) is 0. The number of rotatable bonds is 14. The lowest BCUT2D eigenvalue weighted by atomic mass is 9.98. The minimum absolute atomic E-state index is 0.335. The highest BCUT2D eigenvalue weighted by molar-refractivity contribution is 5.15. The van der Waals surface area contributed by atoms with Crippen LogP contribution in [0.1, 0.15) is 30.5 Å². The zero-order chi connectivity index (χ0) is 25.7. The fraction of sp³-hybridized carbons (Fsp3) is 0.419. The second kappa shape index (κ2) is 15.0. The van der Waals surface area contributed by atoms with E-state index in [0.717, 1.165) is 16.7 Å². The summed E-state index contributed by atoms with van der Waals surface area (Å²) in [6.07, 6.45) is -2.28. The Kier molecular flexibility index (Phi) is 11.1. The van der Waals surface area contributed by atoms with Gasteiger partial charge in [0, 0.05) is 13.2 Å². The Morgan fingerprint density at radius 1 is 0.541 bits per heavy atom. The number of ether oxygens (including phenoxy) is 6. The Labute approximate surface area is 220 Å². The van der Waals surface area contributed by atoms with Crippen molar-refractivity contribution in [2.75, 3.05) is 19.8 Å².